The number of methoxy groups -OCH3 is 1. The van der Waals surface area contributed by atoms with Gasteiger partial charge in [-0.25, -0.2) is 0 Å². The monoisotopic (exact) mass is 276 g/mol. The van der Waals surface area contributed by atoms with Crippen molar-refractivity contribution < 1.29 is 9.84 Å². The first kappa shape index (κ1) is 14.3. The van der Waals surface area contributed by atoms with Gasteiger partial charge in [-0.2, -0.15) is 0 Å². The Hall–Kier alpha value is -1.16. The number of ether oxygens (including phenoxy) is 1. The van der Waals surface area contributed by atoms with Crippen LogP contribution in [0.2, 0.25) is 0 Å². The van der Waals surface area contributed by atoms with Gasteiger partial charge in [-0.3, -0.25) is 0 Å². The lowest BCUT2D eigenvalue weighted by atomic mass is 9.90. The minimum Gasteiger partial charge on any atom is -0.382 e. The third-order valence-corrected chi connectivity index (χ3v) is 4.46. The largest absolute Gasteiger partial charge is 0.382 e. The average Bonchev–Trinajstić information content (AvgIpc) is 2.87. The van der Waals surface area contributed by atoms with Crippen LogP contribution in [0.4, 0.5) is 0 Å². The van der Waals surface area contributed by atoms with Crippen LogP contribution in [0.1, 0.15) is 22.2 Å². The second-order valence-electron chi connectivity index (χ2n) is 4.73. The molecule has 0 saturated carbocycles. The van der Waals surface area contributed by atoms with E-state index in [1.807, 2.05) is 30.3 Å². The van der Waals surface area contributed by atoms with Crippen molar-refractivity contribution in [2.45, 2.75) is 25.4 Å². The first-order valence-electron chi connectivity index (χ1n) is 6.52. The van der Waals surface area contributed by atoms with Gasteiger partial charge in [-0.15, -0.1) is 11.3 Å². The van der Waals surface area contributed by atoms with Crippen LogP contribution in [0.5, 0.6) is 0 Å². The Labute approximate surface area is 118 Å². The number of hydrogen-bond donors (Lipinski definition) is 1. The van der Waals surface area contributed by atoms with E-state index in [1.54, 1.807) is 18.4 Å². The van der Waals surface area contributed by atoms with E-state index in [4.69, 9.17) is 4.74 Å². The van der Waals surface area contributed by atoms with E-state index < -0.39 is 5.60 Å². The summed E-state index contributed by atoms with van der Waals surface area (Å²) in [5, 5.41) is 10.9. The van der Waals surface area contributed by atoms with Crippen LogP contribution in [0, 0.1) is 0 Å². The Bertz CT molecular complexity index is 506. The molecule has 0 aliphatic carbocycles. The molecule has 0 radical (unpaired) electrons. The Morgan fingerprint density at radius 1 is 1.11 bits per heavy atom. The molecule has 1 heterocycles. The summed E-state index contributed by atoms with van der Waals surface area (Å²) < 4.78 is 5.22. The summed E-state index contributed by atoms with van der Waals surface area (Å²) in [5.74, 6) is 0. The lowest BCUT2D eigenvalue weighted by molar-refractivity contribution is -0.0349. The highest BCUT2D eigenvalue weighted by Crippen LogP contribution is 2.29. The molecule has 2 aromatic rings. The van der Waals surface area contributed by atoms with Gasteiger partial charge in [0.05, 0.1) is 6.61 Å². The Kier molecular flexibility index (Phi) is 4.75. The number of aryl methyl sites for hydroxylation is 1. The second-order valence-corrected chi connectivity index (χ2v) is 5.98. The minimum absolute atomic E-state index is 0.302. The molecule has 0 bridgehead atoms. The molecule has 102 valence electrons. The molecule has 1 atom stereocenters. The smallest absolute Gasteiger partial charge is 0.118 e. The van der Waals surface area contributed by atoms with Crippen LogP contribution in [-0.4, -0.2) is 18.8 Å². The molecule has 0 aliphatic heterocycles. The molecule has 1 N–H and O–H groups in total. The lowest BCUT2D eigenvalue weighted by Crippen LogP contribution is -2.33. The maximum Gasteiger partial charge on any atom is 0.118 e. The summed E-state index contributed by atoms with van der Waals surface area (Å²) in [6, 6.07) is 14.0. The summed E-state index contributed by atoms with van der Waals surface area (Å²) >= 11 is 1.76. The number of benzene rings is 1. The van der Waals surface area contributed by atoms with Crippen LogP contribution < -0.4 is 0 Å². The molecule has 19 heavy (non-hydrogen) atoms. The molecule has 1 aromatic heterocycles. The van der Waals surface area contributed by atoms with Gasteiger partial charge in [0, 0.05) is 23.3 Å². The molecule has 0 saturated heterocycles. The highest BCUT2D eigenvalue weighted by molar-refractivity contribution is 7.12. The fraction of sp³-hybridized carbons (Fsp3) is 0.375. The van der Waals surface area contributed by atoms with Crippen molar-refractivity contribution in [2.75, 3.05) is 13.7 Å². The molecule has 2 rings (SSSR count). The summed E-state index contributed by atoms with van der Waals surface area (Å²) in [6.07, 6.45) is 1.63. The fourth-order valence-electron chi connectivity index (χ4n) is 2.22. The Balaban J connectivity index is 2.24. The van der Waals surface area contributed by atoms with Crippen molar-refractivity contribution >= 4 is 11.3 Å². The molecule has 1 aromatic carbocycles. The van der Waals surface area contributed by atoms with Gasteiger partial charge in [0.2, 0.25) is 0 Å². The van der Waals surface area contributed by atoms with E-state index in [9.17, 15) is 5.11 Å². The Morgan fingerprint density at radius 3 is 2.37 bits per heavy atom. The number of aliphatic hydroxyl groups is 1. The molecule has 0 amide bonds. The summed E-state index contributed by atoms with van der Waals surface area (Å²) in [6.45, 7) is 2.45. The van der Waals surface area contributed by atoms with Gasteiger partial charge < -0.3 is 9.84 Å². The quantitative estimate of drug-likeness (QED) is 0.876. The molecular weight excluding hydrogens is 256 g/mol. The third kappa shape index (κ3) is 3.44. The van der Waals surface area contributed by atoms with E-state index in [2.05, 4.69) is 19.1 Å². The topological polar surface area (TPSA) is 29.5 Å². The van der Waals surface area contributed by atoms with Crippen molar-refractivity contribution in [3.05, 3.63) is 57.8 Å². The van der Waals surface area contributed by atoms with E-state index >= 15 is 0 Å². The fourth-order valence-corrected chi connectivity index (χ4v) is 3.28. The van der Waals surface area contributed by atoms with Gasteiger partial charge in [-0.1, -0.05) is 37.3 Å². The van der Waals surface area contributed by atoms with E-state index in [0.717, 1.165) is 12.0 Å². The zero-order valence-corrected chi connectivity index (χ0v) is 12.2. The minimum atomic E-state index is -0.953. The zero-order valence-electron chi connectivity index (χ0n) is 11.4. The van der Waals surface area contributed by atoms with Crippen molar-refractivity contribution in [2.24, 2.45) is 0 Å². The van der Waals surface area contributed by atoms with Crippen molar-refractivity contribution in [1.82, 2.24) is 0 Å². The normalized spacial score (nSPS) is 14.3. The van der Waals surface area contributed by atoms with Crippen LogP contribution in [0.25, 0.3) is 0 Å². The van der Waals surface area contributed by atoms with Gasteiger partial charge in [0.25, 0.3) is 0 Å². The first-order chi connectivity index (χ1) is 9.18. The molecule has 2 nitrogen and oxygen atoms in total. The summed E-state index contributed by atoms with van der Waals surface area (Å²) in [7, 11) is 1.62. The van der Waals surface area contributed by atoms with Gasteiger partial charge >= 0.3 is 0 Å². The molecule has 1 unspecified atom stereocenters. The maximum absolute atomic E-state index is 10.9. The van der Waals surface area contributed by atoms with E-state index in [-0.39, 0.29) is 0 Å². The Morgan fingerprint density at radius 2 is 1.79 bits per heavy atom. The van der Waals surface area contributed by atoms with E-state index in [0.29, 0.717) is 13.0 Å². The molecule has 0 aliphatic rings. The summed E-state index contributed by atoms with van der Waals surface area (Å²) in [4.78, 5) is 2.54. The molecular formula is C16H20O2S. The number of hydrogen-bond acceptors (Lipinski definition) is 3. The maximum atomic E-state index is 10.9. The SMILES string of the molecule is CCc1ccc(CC(O)(COC)c2ccccc2)s1. The second kappa shape index (κ2) is 6.33. The van der Waals surface area contributed by atoms with Crippen LogP contribution in [0.3, 0.4) is 0 Å². The van der Waals surface area contributed by atoms with Crippen molar-refractivity contribution in [1.29, 1.82) is 0 Å². The molecule has 0 fully saturated rings. The van der Waals surface area contributed by atoms with Gasteiger partial charge in [-0.05, 0) is 24.1 Å². The first-order valence-corrected chi connectivity index (χ1v) is 7.34. The predicted octanol–water partition coefficient (Wildman–Crippen LogP) is 3.39. The van der Waals surface area contributed by atoms with Crippen LogP contribution in [0.15, 0.2) is 42.5 Å². The predicted molar refractivity (Wildman–Crippen MR) is 79.6 cm³/mol. The van der Waals surface area contributed by atoms with Crippen molar-refractivity contribution in [3.8, 4) is 0 Å². The average molecular weight is 276 g/mol. The number of thiophene rings is 1. The van der Waals surface area contributed by atoms with Crippen LogP contribution in [-0.2, 0) is 23.2 Å². The number of rotatable bonds is 6. The van der Waals surface area contributed by atoms with Crippen molar-refractivity contribution in [3.63, 3.8) is 0 Å². The molecule has 3 heteroatoms. The van der Waals surface area contributed by atoms with Gasteiger partial charge in [0.1, 0.15) is 5.60 Å². The summed E-state index contributed by atoms with van der Waals surface area (Å²) in [5.41, 5.74) is -0.0467. The van der Waals surface area contributed by atoms with Gasteiger partial charge in [0.15, 0.2) is 0 Å². The molecule has 0 spiro atoms. The zero-order chi connectivity index (χ0) is 13.7. The highest BCUT2D eigenvalue weighted by Gasteiger charge is 2.30. The third-order valence-electron chi connectivity index (χ3n) is 3.23. The standard InChI is InChI=1S/C16H20O2S/c1-3-14-9-10-15(19-14)11-16(17,12-18-2)13-7-5-4-6-8-13/h4-10,17H,3,11-12H2,1-2H3. The van der Waals surface area contributed by atoms with E-state index in [1.165, 1.54) is 9.75 Å². The highest BCUT2D eigenvalue weighted by atomic mass is 32.1. The van der Waals surface area contributed by atoms with Crippen LogP contribution >= 0.6 is 11.3 Å². The lowest BCUT2D eigenvalue weighted by Gasteiger charge is -2.27.